The van der Waals surface area contributed by atoms with Gasteiger partial charge in [-0.1, -0.05) is 0 Å². The van der Waals surface area contributed by atoms with Gasteiger partial charge in [0.15, 0.2) is 0 Å². The zero-order chi connectivity index (χ0) is 18.7. The van der Waals surface area contributed by atoms with E-state index >= 15 is 0 Å². The zero-order valence-corrected chi connectivity index (χ0v) is 16.9. The molecule has 0 aliphatic heterocycles. The highest BCUT2D eigenvalue weighted by molar-refractivity contribution is 7.82. The van der Waals surface area contributed by atoms with Gasteiger partial charge in [-0.05, 0) is 45.6 Å². The van der Waals surface area contributed by atoms with E-state index < -0.39 is 4.93 Å². The van der Waals surface area contributed by atoms with Crippen molar-refractivity contribution in [2.45, 2.75) is 75.2 Å². The average Bonchev–Trinajstić information content (AvgIpc) is 3.45. The normalized spacial score (nSPS) is 35.6. The topological polar surface area (TPSA) is 56.6 Å². The van der Waals surface area contributed by atoms with Crippen LogP contribution in [0.5, 0.6) is 0 Å². The molecule has 0 aromatic carbocycles. The zero-order valence-electron chi connectivity index (χ0n) is 16.0. The van der Waals surface area contributed by atoms with Gasteiger partial charge < -0.3 is 14.4 Å². The van der Waals surface area contributed by atoms with Crippen molar-refractivity contribution >= 4 is 18.4 Å². The maximum absolute atomic E-state index is 12.7. The van der Waals surface area contributed by atoms with E-state index in [0.717, 1.165) is 25.7 Å². The minimum absolute atomic E-state index is 0.0558. The fourth-order valence-corrected chi connectivity index (χ4v) is 4.33. The molecule has 0 bridgehead atoms. The van der Waals surface area contributed by atoms with Crippen molar-refractivity contribution in [2.75, 3.05) is 18.6 Å². The van der Waals surface area contributed by atoms with Gasteiger partial charge in [-0.3, -0.25) is 4.57 Å². The third kappa shape index (κ3) is 3.08. The van der Waals surface area contributed by atoms with Crippen LogP contribution >= 0.6 is 12.6 Å². The van der Waals surface area contributed by atoms with Crippen LogP contribution in [0.4, 0.5) is 5.82 Å². The fourth-order valence-electron chi connectivity index (χ4n) is 3.92. The van der Waals surface area contributed by atoms with Gasteiger partial charge >= 0.3 is 5.69 Å². The summed E-state index contributed by atoms with van der Waals surface area (Å²) in [6, 6.07) is 2.27. The van der Waals surface area contributed by atoms with E-state index in [0.29, 0.717) is 24.4 Å². The first-order chi connectivity index (χ1) is 12.3. The Balaban J connectivity index is 1.53. The lowest BCUT2D eigenvalue weighted by Crippen LogP contribution is -2.34. The van der Waals surface area contributed by atoms with E-state index in [1.165, 1.54) is 0 Å². The van der Waals surface area contributed by atoms with Crippen LogP contribution in [-0.4, -0.2) is 45.9 Å². The molecule has 26 heavy (non-hydrogen) atoms. The monoisotopic (exact) mass is 379 g/mol. The van der Waals surface area contributed by atoms with Crippen molar-refractivity contribution in [2.24, 2.45) is 5.92 Å². The summed E-state index contributed by atoms with van der Waals surface area (Å²) in [5, 5.41) is 0. The molecule has 3 unspecified atom stereocenters. The molecule has 0 saturated heterocycles. The number of hydrogen-bond acceptors (Lipinski definition) is 6. The molecule has 0 radical (unpaired) electrons. The molecule has 1 aromatic rings. The van der Waals surface area contributed by atoms with Crippen LogP contribution in [0.15, 0.2) is 17.1 Å². The average molecular weight is 380 g/mol. The summed E-state index contributed by atoms with van der Waals surface area (Å²) >= 11 is 4.74. The van der Waals surface area contributed by atoms with Crippen molar-refractivity contribution in [1.29, 1.82) is 0 Å². The Bertz CT molecular complexity index is 750. The molecule has 7 heteroatoms. The third-order valence-corrected chi connectivity index (χ3v) is 6.59. The number of anilines is 1. The Hall–Kier alpha value is -1.05. The number of nitrogens with zero attached hydrogens (tertiary/aromatic N) is 3. The quantitative estimate of drug-likeness (QED) is 0.556. The molecule has 3 aliphatic rings. The van der Waals surface area contributed by atoms with Gasteiger partial charge in [0.1, 0.15) is 10.8 Å². The first kappa shape index (κ1) is 18.3. The predicted octanol–water partition coefficient (Wildman–Crippen LogP) is 2.63. The van der Waals surface area contributed by atoms with Gasteiger partial charge in [-0.25, -0.2) is 4.79 Å². The SMILES string of the molecule is CCO[C@H]1CC1(S)OC1(C2CC2)CC1n1ccc(N(C)C(C)C)nc1=O. The first-order valence-corrected chi connectivity index (χ1v) is 10.1. The minimum atomic E-state index is -0.498. The summed E-state index contributed by atoms with van der Waals surface area (Å²) in [6.45, 7) is 6.82. The predicted molar refractivity (Wildman–Crippen MR) is 104 cm³/mol. The van der Waals surface area contributed by atoms with Crippen molar-refractivity contribution in [3.8, 4) is 0 Å². The minimum Gasteiger partial charge on any atom is -0.374 e. The molecule has 1 heterocycles. The molecule has 1 aromatic heterocycles. The maximum atomic E-state index is 12.7. The summed E-state index contributed by atoms with van der Waals surface area (Å²) in [4.78, 5) is 18.4. The highest BCUT2D eigenvalue weighted by Gasteiger charge is 2.70. The van der Waals surface area contributed by atoms with E-state index in [-0.39, 0.29) is 23.4 Å². The molecule has 0 spiro atoms. The van der Waals surface area contributed by atoms with Crippen molar-refractivity contribution in [1.82, 2.24) is 9.55 Å². The van der Waals surface area contributed by atoms with Crippen molar-refractivity contribution < 1.29 is 9.47 Å². The number of aromatic nitrogens is 2. The third-order valence-electron chi connectivity index (χ3n) is 6.03. The molecule has 6 nitrogen and oxygen atoms in total. The van der Waals surface area contributed by atoms with E-state index in [1.54, 1.807) is 4.57 Å². The van der Waals surface area contributed by atoms with Crippen LogP contribution in [0.3, 0.4) is 0 Å². The lowest BCUT2D eigenvalue weighted by atomic mass is 10.2. The van der Waals surface area contributed by atoms with Crippen LogP contribution in [0.2, 0.25) is 0 Å². The first-order valence-electron chi connectivity index (χ1n) is 9.67. The summed E-state index contributed by atoms with van der Waals surface area (Å²) in [7, 11) is 1.96. The molecule has 0 N–H and O–H groups in total. The van der Waals surface area contributed by atoms with E-state index in [1.807, 2.05) is 31.1 Å². The van der Waals surface area contributed by atoms with Crippen LogP contribution < -0.4 is 10.6 Å². The number of rotatable bonds is 8. The highest BCUT2D eigenvalue weighted by Crippen LogP contribution is 2.66. The molecule has 4 atom stereocenters. The van der Waals surface area contributed by atoms with Crippen molar-refractivity contribution in [3.63, 3.8) is 0 Å². The molecular formula is C19H29N3O3S. The van der Waals surface area contributed by atoms with Crippen LogP contribution in [0.25, 0.3) is 0 Å². The lowest BCUT2D eigenvalue weighted by molar-refractivity contribution is -0.0495. The Morgan fingerprint density at radius 2 is 2.15 bits per heavy atom. The molecular weight excluding hydrogens is 350 g/mol. The summed E-state index contributed by atoms with van der Waals surface area (Å²) < 4.78 is 14.0. The van der Waals surface area contributed by atoms with Crippen LogP contribution in [-0.2, 0) is 9.47 Å². The molecule has 4 rings (SSSR count). The molecule has 3 fully saturated rings. The Labute approximate surface area is 160 Å². The highest BCUT2D eigenvalue weighted by atomic mass is 32.1. The summed E-state index contributed by atoms with van der Waals surface area (Å²) in [6.07, 6.45) is 5.94. The van der Waals surface area contributed by atoms with E-state index in [2.05, 4.69) is 18.8 Å². The smallest absolute Gasteiger partial charge is 0.349 e. The number of hydrogen-bond donors (Lipinski definition) is 1. The second-order valence-electron chi connectivity index (χ2n) is 8.22. The standard InChI is InChI=1S/C19H29N3O3S/c1-5-24-15-11-19(15,26)25-18(13-6-7-13)10-14(18)22-9-8-16(20-17(22)23)21(4)12(2)3/h8-9,12-15,26H,5-7,10-11H2,1-4H3/t14?,15-,18?,19?/m0/s1. The van der Waals surface area contributed by atoms with Gasteiger partial charge in [0.05, 0.1) is 17.7 Å². The van der Waals surface area contributed by atoms with Gasteiger partial charge in [0.25, 0.3) is 0 Å². The Morgan fingerprint density at radius 1 is 1.42 bits per heavy atom. The van der Waals surface area contributed by atoms with Gasteiger partial charge in [0, 0.05) is 38.7 Å². The van der Waals surface area contributed by atoms with E-state index in [4.69, 9.17) is 22.1 Å². The van der Waals surface area contributed by atoms with Crippen molar-refractivity contribution in [3.05, 3.63) is 22.7 Å². The summed E-state index contributed by atoms with van der Waals surface area (Å²) in [5.41, 5.74) is -0.471. The Kier molecular flexibility index (Phi) is 4.40. The molecule has 3 aliphatic carbocycles. The summed E-state index contributed by atoms with van der Waals surface area (Å²) in [5.74, 6) is 1.23. The van der Waals surface area contributed by atoms with Gasteiger partial charge in [0.2, 0.25) is 0 Å². The second kappa shape index (κ2) is 6.24. The second-order valence-corrected chi connectivity index (χ2v) is 8.98. The number of thiol groups is 1. The molecule has 144 valence electrons. The largest absolute Gasteiger partial charge is 0.374 e. The molecule has 3 saturated carbocycles. The van der Waals surface area contributed by atoms with E-state index in [9.17, 15) is 4.79 Å². The van der Waals surface area contributed by atoms with Gasteiger partial charge in [-0.15, -0.1) is 12.6 Å². The maximum Gasteiger partial charge on any atom is 0.349 e. The van der Waals surface area contributed by atoms with Crippen LogP contribution in [0, 0.1) is 5.92 Å². The fraction of sp³-hybridized carbons (Fsp3) is 0.789. The lowest BCUT2D eigenvalue weighted by Gasteiger charge is -2.25. The van der Waals surface area contributed by atoms with Crippen LogP contribution in [0.1, 0.15) is 52.5 Å². The number of ether oxygens (including phenoxy) is 2. The molecule has 0 amide bonds. The Morgan fingerprint density at radius 3 is 2.73 bits per heavy atom. The van der Waals surface area contributed by atoms with Gasteiger partial charge in [-0.2, -0.15) is 4.98 Å².